The number of nitriles is 2. The highest BCUT2D eigenvalue weighted by Gasteiger charge is 2.06. The first kappa shape index (κ1) is 18.2. The normalized spacial score (nSPS) is 10.3. The molecule has 0 aromatic heterocycles. The van der Waals surface area contributed by atoms with Gasteiger partial charge in [-0.2, -0.15) is 20.8 Å². The standard InChI is InChI=1S/C20H21N5/c21-14-4-6-16-25(17-7-5-15-22)20-12-10-19(11-13-20)24-23-18-8-2-1-3-9-18/h1-3,8-13H,4-7,16-17H2. The fourth-order valence-electron chi connectivity index (χ4n) is 2.41. The highest BCUT2D eigenvalue weighted by molar-refractivity contribution is 5.53. The summed E-state index contributed by atoms with van der Waals surface area (Å²) in [7, 11) is 0. The first-order valence-electron chi connectivity index (χ1n) is 8.39. The number of unbranched alkanes of at least 4 members (excludes halogenated alkanes) is 2. The lowest BCUT2D eigenvalue weighted by atomic mass is 10.2. The summed E-state index contributed by atoms with van der Waals surface area (Å²) in [5.41, 5.74) is 2.69. The van der Waals surface area contributed by atoms with Crippen LogP contribution in [0.5, 0.6) is 0 Å². The number of hydrogen-bond acceptors (Lipinski definition) is 5. The van der Waals surface area contributed by atoms with Gasteiger partial charge in [-0.15, -0.1) is 0 Å². The van der Waals surface area contributed by atoms with E-state index in [4.69, 9.17) is 10.5 Å². The van der Waals surface area contributed by atoms with Crippen LogP contribution >= 0.6 is 0 Å². The minimum Gasteiger partial charge on any atom is -0.371 e. The van der Waals surface area contributed by atoms with E-state index in [1.165, 1.54) is 0 Å². The molecular formula is C20H21N5. The van der Waals surface area contributed by atoms with E-state index in [1.54, 1.807) is 0 Å². The number of rotatable bonds is 9. The van der Waals surface area contributed by atoms with Gasteiger partial charge < -0.3 is 4.90 Å². The zero-order chi connectivity index (χ0) is 17.7. The molecule has 5 nitrogen and oxygen atoms in total. The molecule has 25 heavy (non-hydrogen) atoms. The number of anilines is 1. The van der Waals surface area contributed by atoms with Gasteiger partial charge in [0, 0.05) is 31.6 Å². The largest absolute Gasteiger partial charge is 0.371 e. The first-order chi connectivity index (χ1) is 12.3. The molecule has 0 aliphatic rings. The molecule has 0 aliphatic heterocycles. The van der Waals surface area contributed by atoms with Crippen molar-refractivity contribution >= 4 is 17.1 Å². The summed E-state index contributed by atoms with van der Waals surface area (Å²) in [6, 6.07) is 21.9. The first-order valence-corrected chi connectivity index (χ1v) is 8.39. The average molecular weight is 331 g/mol. The Morgan fingerprint density at radius 2 is 1.24 bits per heavy atom. The Kier molecular flexibility index (Phi) is 7.68. The molecule has 0 N–H and O–H groups in total. The van der Waals surface area contributed by atoms with Crippen LogP contribution in [0.4, 0.5) is 17.1 Å². The maximum Gasteiger partial charge on any atom is 0.0858 e. The van der Waals surface area contributed by atoms with Crippen molar-refractivity contribution in [3.8, 4) is 12.1 Å². The molecule has 5 heteroatoms. The van der Waals surface area contributed by atoms with E-state index in [-0.39, 0.29) is 0 Å². The minimum absolute atomic E-state index is 0.540. The van der Waals surface area contributed by atoms with Crippen LogP contribution < -0.4 is 4.90 Å². The third kappa shape index (κ3) is 6.45. The summed E-state index contributed by atoms with van der Waals surface area (Å²) < 4.78 is 0. The summed E-state index contributed by atoms with van der Waals surface area (Å²) in [5.74, 6) is 0. The Balaban J connectivity index is 2.02. The van der Waals surface area contributed by atoms with Gasteiger partial charge in [0.25, 0.3) is 0 Å². The molecule has 0 fully saturated rings. The van der Waals surface area contributed by atoms with E-state index in [2.05, 4.69) is 27.3 Å². The summed E-state index contributed by atoms with van der Waals surface area (Å²) in [6.45, 7) is 1.62. The Labute approximate surface area is 148 Å². The lowest BCUT2D eigenvalue weighted by Gasteiger charge is -2.24. The van der Waals surface area contributed by atoms with E-state index in [0.29, 0.717) is 12.8 Å². The van der Waals surface area contributed by atoms with Crippen LogP contribution in [0.25, 0.3) is 0 Å². The summed E-state index contributed by atoms with van der Waals surface area (Å²) >= 11 is 0. The molecule has 0 unspecified atom stereocenters. The number of benzene rings is 2. The van der Waals surface area contributed by atoms with Crippen LogP contribution in [0.2, 0.25) is 0 Å². The Bertz CT molecular complexity index is 718. The predicted molar refractivity (Wildman–Crippen MR) is 99.0 cm³/mol. The molecule has 0 atom stereocenters. The van der Waals surface area contributed by atoms with Crippen molar-refractivity contribution in [3.63, 3.8) is 0 Å². The van der Waals surface area contributed by atoms with Gasteiger partial charge in [-0.25, -0.2) is 0 Å². The molecule has 0 aliphatic carbocycles. The van der Waals surface area contributed by atoms with E-state index < -0.39 is 0 Å². The fraction of sp³-hybridized carbons (Fsp3) is 0.300. The molecule has 2 rings (SSSR count). The molecule has 2 aromatic rings. The molecule has 0 amide bonds. The molecule has 0 saturated carbocycles. The van der Waals surface area contributed by atoms with Crippen molar-refractivity contribution in [2.75, 3.05) is 18.0 Å². The Morgan fingerprint density at radius 1 is 0.720 bits per heavy atom. The van der Waals surface area contributed by atoms with E-state index in [1.807, 2.05) is 54.6 Å². The number of hydrogen-bond donors (Lipinski definition) is 0. The lowest BCUT2D eigenvalue weighted by molar-refractivity contribution is 0.708. The second kappa shape index (κ2) is 10.6. The van der Waals surface area contributed by atoms with Crippen LogP contribution in [0.15, 0.2) is 64.8 Å². The number of nitrogens with zero attached hydrogens (tertiary/aromatic N) is 5. The zero-order valence-corrected chi connectivity index (χ0v) is 14.2. The second-order valence-corrected chi connectivity index (χ2v) is 5.56. The highest BCUT2D eigenvalue weighted by Crippen LogP contribution is 2.23. The average Bonchev–Trinajstić information content (AvgIpc) is 2.67. The van der Waals surface area contributed by atoms with Crippen molar-refractivity contribution in [3.05, 3.63) is 54.6 Å². The smallest absolute Gasteiger partial charge is 0.0858 e. The Hall–Kier alpha value is -3.18. The minimum atomic E-state index is 0.540. The topological polar surface area (TPSA) is 75.5 Å². The molecule has 0 heterocycles. The molecular weight excluding hydrogens is 310 g/mol. The van der Waals surface area contributed by atoms with Gasteiger partial charge in [0.2, 0.25) is 0 Å². The van der Waals surface area contributed by atoms with E-state index in [9.17, 15) is 0 Å². The van der Waals surface area contributed by atoms with Crippen LogP contribution in [-0.2, 0) is 0 Å². The van der Waals surface area contributed by atoms with Crippen LogP contribution in [0, 0.1) is 22.7 Å². The second-order valence-electron chi connectivity index (χ2n) is 5.56. The maximum absolute atomic E-state index is 8.72. The van der Waals surface area contributed by atoms with Crippen molar-refractivity contribution < 1.29 is 0 Å². The SMILES string of the molecule is N#CCCCN(CCCC#N)c1ccc(N=Nc2ccccc2)cc1. The third-order valence-corrected chi connectivity index (χ3v) is 3.69. The molecule has 2 aromatic carbocycles. The van der Waals surface area contributed by atoms with Gasteiger partial charge in [-0.3, -0.25) is 0 Å². The predicted octanol–water partition coefficient (Wildman–Crippen LogP) is 5.52. The molecule has 0 spiro atoms. The van der Waals surface area contributed by atoms with Crippen molar-refractivity contribution in [2.24, 2.45) is 10.2 Å². The Morgan fingerprint density at radius 3 is 1.76 bits per heavy atom. The van der Waals surface area contributed by atoms with Crippen molar-refractivity contribution in [2.45, 2.75) is 25.7 Å². The summed E-state index contributed by atoms with van der Waals surface area (Å²) in [4.78, 5) is 2.22. The third-order valence-electron chi connectivity index (χ3n) is 3.69. The van der Waals surface area contributed by atoms with Crippen LogP contribution in [0.1, 0.15) is 25.7 Å². The quantitative estimate of drug-likeness (QED) is 0.448. The summed E-state index contributed by atoms with van der Waals surface area (Å²) in [5, 5.41) is 25.9. The fourth-order valence-corrected chi connectivity index (χ4v) is 2.41. The summed E-state index contributed by atoms with van der Waals surface area (Å²) in [6.07, 6.45) is 2.72. The van der Waals surface area contributed by atoms with E-state index in [0.717, 1.165) is 43.0 Å². The lowest BCUT2D eigenvalue weighted by Crippen LogP contribution is -2.25. The monoisotopic (exact) mass is 331 g/mol. The molecule has 126 valence electrons. The van der Waals surface area contributed by atoms with E-state index >= 15 is 0 Å². The van der Waals surface area contributed by atoms with Crippen molar-refractivity contribution in [1.82, 2.24) is 0 Å². The molecule has 0 saturated heterocycles. The van der Waals surface area contributed by atoms with Gasteiger partial charge in [0.1, 0.15) is 0 Å². The highest BCUT2D eigenvalue weighted by atomic mass is 15.1. The van der Waals surface area contributed by atoms with Gasteiger partial charge in [-0.1, -0.05) is 18.2 Å². The number of azo groups is 1. The molecule has 0 radical (unpaired) electrons. The van der Waals surface area contributed by atoms with Gasteiger partial charge in [0.05, 0.1) is 23.5 Å². The van der Waals surface area contributed by atoms with Gasteiger partial charge in [-0.05, 0) is 49.2 Å². The zero-order valence-electron chi connectivity index (χ0n) is 14.2. The van der Waals surface area contributed by atoms with Crippen LogP contribution in [0.3, 0.4) is 0 Å². The van der Waals surface area contributed by atoms with Crippen LogP contribution in [-0.4, -0.2) is 13.1 Å². The van der Waals surface area contributed by atoms with Crippen molar-refractivity contribution in [1.29, 1.82) is 10.5 Å². The maximum atomic E-state index is 8.72. The molecule has 0 bridgehead atoms. The van der Waals surface area contributed by atoms with Gasteiger partial charge >= 0.3 is 0 Å². The van der Waals surface area contributed by atoms with Gasteiger partial charge in [0.15, 0.2) is 0 Å².